The number of carbonyl (C=O) groups is 2. The van der Waals surface area contributed by atoms with Crippen LogP contribution in [0.4, 0.5) is 0 Å². The Labute approximate surface area is 358 Å². The Morgan fingerprint density at radius 1 is 0.517 bits per heavy atom. The van der Waals surface area contributed by atoms with E-state index in [0.29, 0.717) is 19.3 Å². The molecule has 0 saturated heterocycles. The van der Waals surface area contributed by atoms with Gasteiger partial charge in [-0.15, -0.1) is 0 Å². The lowest BCUT2D eigenvalue weighted by Crippen LogP contribution is -2.46. The fourth-order valence-corrected chi connectivity index (χ4v) is 6.96. The Kier molecular flexibility index (Phi) is 43.3. The summed E-state index contributed by atoms with van der Waals surface area (Å²) in [7, 11) is 0. The zero-order valence-electron chi connectivity index (χ0n) is 37.9. The van der Waals surface area contributed by atoms with Crippen LogP contribution in [0.2, 0.25) is 0 Å². The predicted molar refractivity (Wildman–Crippen MR) is 250 cm³/mol. The van der Waals surface area contributed by atoms with Crippen molar-refractivity contribution >= 4 is 11.9 Å². The number of rotatable bonds is 42. The summed E-state index contributed by atoms with van der Waals surface area (Å²) in [6.07, 6.45) is 56.7. The molecule has 58 heavy (non-hydrogen) atoms. The second kappa shape index (κ2) is 45.4. The molecule has 0 aromatic carbocycles. The predicted octanol–water partition coefficient (Wildman–Crippen LogP) is 14.2. The van der Waals surface area contributed by atoms with Crippen LogP contribution in [0, 0.1) is 0 Å². The summed E-state index contributed by atoms with van der Waals surface area (Å²) in [5.74, 6) is -0.544. The maximum Gasteiger partial charge on any atom is 0.306 e. The number of amides is 1. The fourth-order valence-electron chi connectivity index (χ4n) is 6.96. The molecule has 334 valence electrons. The van der Waals surface area contributed by atoms with Gasteiger partial charge in [-0.25, -0.2) is 0 Å². The number of aliphatic hydroxyl groups is 2. The minimum Gasteiger partial charge on any atom is -0.462 e. The van der Waals surface area contributed by atoms with Gasteiger partial charge in [0.15, 0.2) is 0 Å². The van der Waals surface area contributed by atoms with E-state index >= 15 is 0 Å². The number of nitrogens with one attached hydrogen (secondary N) is 1. The van der Waals surface area contributed by atoms with Gasteiger partial charge in [0.05, 0.1) is 25.2 Å². The number of hydrogen-bond donors (Lipinski definition) is 3. The van der Waals surface area contributed by atoms with E-state index in [4.69, 9.17) is 4.74 Å². The van der Waals surface area contributed by atoms with Crippen molar-refractivity contribution in [1.82, 2.24) is 5.32 Å². The number of allylic oxidation sites excluding steroid dienone is 12. The molecule has 1 amide bonds. The monoisotopic (exact) mass is 810 g/mol. The zero-order valence-corrected chi connectivity index (χ0v) is 37.9. The van der Waals surface area contributed by atoms with Gasteiger partial charge in [0.2, 0.25) is 5.91 Å². The molecule has 0 aliphatic carbocycles. The van der Waals surface area contributed by atoms with Crippen molar-refractivity contribution < 1.29 is 24.5 Å². The minimum absolute atomic E-state index is 0.0451. The Balaban J connectivity index is 4.69. The van der Waals surface area contributed by atoms with Gasteiger partial charge in [-0.2, -0.15) is 0 Å². The van der Waals surface area contributed by atoms with E-state index in [0.717, 1.165) is 89.9 Å². The van der Waals surface area contributed by atoms with E-state index in [1.165, 1.54) is 83.5 Å². The van der Waals surface area contributed by atoms with Gasteiger partial charge in [-0.1, -0.05) is 209 Å². The third kappa shape index (κ3) is 40.1. The highest BCUT2D eigenvalue weighted by molar-refractivity contribution is 5.77. The molecule has 3 N–H and O–H groups in total. The number of carbonyl (C=O) groups excluding carboxylic acids is 2. The molecular weight excluding hydrogens is 719 g/mol. The number of aliphatic hydroxyl groups excluding tert-OH is 2. The van der Waals surface area contributed by atoms with Crippen LogP contribution >= 0.6 is 0 Å². The van der Waals surface area contributed by atoms with Crippen LogP contribution in [0.1, 0.15) is 220 Å². The van der Waals surface area contributed by atoms with Gasteiger partial charge in [0, 0.05) is 6.42 Å². The Morgan fingerprint density at radius 3 is 1.47 bits per heavy atom. The summed E-state index contributed by atoms with van der Waals surface area (Å²) < 4.78 is 5.89. The molecule has 0 saturated carbocycles. The number of ether oxygens (including phenoxy) is 1. The van der Waals surface area contributed by atoms with E-state index in [2.05, 4.69) is 68.6 Å². The standard InChI is InChI=1S/C52H91NO5/c1-4-7-10-13-16-19-22-25-28-31-34-37-40-43-48(58-52(57)45-42-39-36-33-30-27-24-21-18-15-12-9-6-3)46-51(56)53-49(47-54)50(55)44-41-38-35-32-29-26-23-20-17-14-11-8-5-2/h9,12,15-16,18-19,21-22,24-25,27,30,48-50,54-55H,4-8,10-11,13-14,17,20,23,26,28-29,31-47H2,1-3H3,(H,53,56)/b12-9+,18-15+,19-16+,24-21-,25-22+,30-27-. The van der Waals surface area contributed by atoms with E-state index in [1.54, 1.807) is 0 Å². The highest BCUT2D eigenvalue weighted by Gasteiger charge is 2.24. The van der Waals surface area contributed by atoms with Crippen molar-refractivity contribution in [2.45, 2.75) is 238 Å². The topological polar surface area (TPSA) is 95.9 Å². The minimum atomic E-state index is -0.802. The van der Waals surface area contributed by atoms with Crippen LogP contribution in [0.5, 0.6) is 0 Å². The second-order valence-electron chi connectivity index (χ2n) is 16.2. The molecule has 0 heterocycles. The van der Waals surface area contributed by atoms with Crippen LogP contribution < -0.4 is 5.32 Å². The van der Waals surface area contributed by atoms with Crippen molar-refractivity contribution in [1.29, 1.82) is 0 Å². The maximum atomic E-state index is 13.2. The third-order valence-corrected chi connectivity index (χ3v) is 10.6. The van der Waals surface area contributed by atoms with Crippen LogP contribution in [-0.2, 0) is 14.3 Å². The number of esters is 1. The van der Waals surface area contributed by atoms with Crippen molar-refractivity contribution in [3.05, 3.63) is 72.9 Å². The lowest BCUT2D eigenvalue weighted by molar-refractivity contribution is -0.151. The van der Waals surface area contributed by atoms with E-state index in [9.17, 15) is 19.8 Å². The Morgan fingerprint density at radius 2 is 0.931 bits per heavy atom. The molecule has 0 aliphatic rings. The zero-order chi connectivity index (χ0) is 42.4. The molecule has 0 rings (SSSR count). The van der Waals surface area contributed by atoms with Crippen LogP contribution in [0.15, 0.2) is 72.9 Å². The SMILES string of the molecule is CC/C=C/C=C/C=C\C=C/CCCCCC(=O)OC(CCCCCC/C=C/C=C/CCCCC)CC(=O)NC(CO)C(O)CCCCCCCCCCCCCCC. The molecule has 3 atom stereocenters. The summed E-state index contributed by atoms with van der Waals surface area (Å²) >= 11 is 0. The number of unbranched alkanes of at least 4 members (excludes halogenated alkanes) is 22. The lowest BCUT2D eigenvalue weighted by atomic mass is 10.0. The first-order valence-corrected chi connectivity index (χ1v) is 24.2. The summed E-state index contributed by atoms with van der Waals surface area (Å²) in [6, 6.07) is -0.718. The molecule has 0 aromatic rings. The molecular formula is C52H91NO5. The van der Waals surface area contributed by atoms with Crippen molar-refractivity contribution in [2.24, 2.45) is 0 Å². The quantitative estimate of drug-likeness (QED) is 0.0324. The summed E-state index contributed by atoms with van der Waals surface area (Å²) in [5, 5.41) is 23.7. The van der Waals surface area contributed by atoms with Gasteiger partial charge < -0.3 is 20.3 Å². The highest BCUT2D eigenvalue weighted by Crippen LogP contribution is 2.17. The average Bonchev–Trinajstić information content (AvgIpc) is 3.22. The first kappa shape index (κ1) is 55.3. The van der Waals surface area contributed by atoms with E-state index in [1.807, 2.05) is 30.4 Å². The van der Waals surface area contributed by atoms with Gasteiger partial charge in [-0.3, -0.25) is 9.59 Å². The van der Waals surface area contributed by atoms with Crippen molar-refractivity contribution in [3.63, 3.8) is 0 Å². The highest BCUT2D eigenvalue weighted by atomic mass is 16.5. The van der Waals surface area contributed by atoms with Gasteiger partial charge >= 0.3 is 5.97 Å². The Hall–Kier alpha value is -2.70. The van der Waals surface area contributed by atoms with Crippen LogP contribution in [-0.4, -0.2) is 46.9 Å². The van der Waals surface area contributed by atoms with Gasteiger partial charge in [-0.05, 0) is 70.6 Å². The third-order valence-electron chi connectivity index (χ3n) is 10.6. The van der Waals surface area contributed by atoms with E-state index in [-0.39, 0.29) is 24.9 Å². The summed E-state index contributed by atoms with van der Waals surface area (Å²) in [4.78, 5) is 26.0. The molecule has 0 radical (unpaired) electrons. The lowest BCUT2D eigenvalue weighted by Gasteiger charge is -2.24. The molecule has 0 aliphatic heterocycles. The smallest absolute Gasteiger partial charge is 0.306 e. The molecule has 6 nitrogen and oxygen atoms in total. The van der Waals surface area contributed by atoms with Gasteiger partial charge in [0.25, 0.3) is 0 Å². The summed E-state index contributed by atoms with van der Waals surface area (Å²) in [6.45, 7) is 6.28. The van der Waals surface area contributed by atoms with E-state index < -0.39 is 18.2 Å². The van der Waals surface area contributed by atoms with Crippen molar-refractivity contribution in [2.75, 3.05) is 6.61 Å². The van der Waals surface area contributed by atoms with Crippen molar-refractivity contribution in [3.8, 4) is 0 Å². The summed E-state index contributed by atoms with van der Waals surface area (Å²) in [5.41, 5.74) is 0. The Bertz CT molecular complexity index is 1090. The number of hydrogen-bond acceptors (Lipinski definition) is 5. The molecule has 3 unspecified atom stereocenters. The van der Waals surface area contributed by atoms with Crippen LogP contribution in [0.3, 0.4) is 0 Å². The first-order valence-electron chi connectivity index (χ1n) is 24.2. The fraction of sp³-hybridized carbons (Fsp3) is 0.731. The first-order chi connectivity index (χ1) is 28.5. The molecule has 0 fully saturated rings. The average molecular weight is 810 g/mol. The second-order valence-corrected chi connectivity index (χ2v) is 16.2. The van der Waals surface area contributed by atoms with Crippen LogP contribution in [0.25, 0.3) is 0 Å². The molecule has 6 heteroatoms. The normalized spacial score (nSPS) is 13.9. The van der Waals surface area contributed by atoms with Gasteiger partial charge in [0.1, 0.15) is 6.10 Å². The molecule has 0 bridgehead atoms. The largest absolute Gasteiger partial charge is 0.462 e. The molecule has 0 spiro atoms. The molecule has 0 aromatic heterocycles. The maximum absolute atomic E-state index is 13.2.